The minimum atomic E-state index is -0.406. The summed E-state index contributed by atoms with van der Waals surface area (Å²) in [5.41, 5.74) is 6.20. The van der Waals surface area contributed by atoms with Gasteiger partial charge < -0.3 is 44.1 Å². The summed E-state index contributed by atoms with van der Waals surface area (Å²) in [6.07, 6.45) is 9.73. The van der Waals surface area contributed by atoms with Crippen LogP contribution in [0.3, 0.4) is 0 Å². The Morgan fingerprint density at radius 3 is 2.60 bits per heavy atom. The average Bonchev–Trinajstić information content (AvgIpc) is 3.82. The molecule has 68 heavy (non-hydrogen) atoms. The van der Waals surface area contributed by atoms with E-state index in [-0.39, 0.29) is 46.8 Å². The van der Waals surface area contributed by atoms with Crippen LogP contribution in [0.15, 0.2) is 66.5 Å². The first-order valence-corrected chi connectivity index (χ1v) is 23.7. The van der Waals surface area contributed by atoms with Crippen LogP contribution in [0.1, 0.15) is 74.8 Å². The molecule has 18 nitrogen and oxygen atoms in total. The predicted octanol–water partition coefficient (Wildman–Crippen LogP) is 5.31. The summed E-state index contributed by atoms with van der Waals surface area (Å²) in [4.78, 5) is 67.8. The Bertz CT molecular complexity index is 2880. The minimum Gasteiger partial charge on any atom is -0.481 e. The highest BCUT2D eigenvalue weighted by atomic mass is 16.6. The summed E-state index contributed by atoms with van der Waals surface area (Å²) in [7, 11) is 1.64. The Morgan fingerprint density at radius 1 is 0.985 bits per heavy atom. The lowest BCUT2D eigenvalue weighted by Gasteiger charge is -2.48. The molecule has 1 unspecified atom stereocenters. The molecule has 5 aliphatic rings. The molecule has 2 amide bonds. The van der Waals surface area contributed by atoms with Gasteiger partial charge in [-0.15, -0.1) is 0 Å². The van der Waals surface area contributed by atoms with E-state index in [0.717, 1.165) is 63.4 Å². The van der Waals surface area contributed by atoms with Crippen LogP contribution >= 0.6 is 0 Å². The van der Waals surface area contributed by atoms with Crippen molar-refractivity contribution in [2.75, 3.05) is 64.7 Å². The van der Waals surface area contributed by atoms with E-state index < -0.39 is 6.61 Å². The number of hydrogen-bond donors (Lipinski definition) is 3. The third kappa shape index (κ3) is 8.22. The highest BCUT2D eigenvalue weighted by Gasteiger charge is 2.39. The number of nitrogens with one attached hydrogen (secondary N) is 2. The summed E-state index contributed by atoms with van der Waals surface area (Å²) < 4.78 is 15.6. The van der Waals surface area contributed by atoms with Crippen LogP contribution < -0.4 is 40.4 Å². The van der Waals surface area contributed by atoms with Gasteiger partial charge >= 0.3 is 0 Å². The third-order valence-electron chi connectivity index (χ3n) is 14.3. The quantitative estimate of drug-likeness (QED) is 0.153. The second-order valence-corrected chi connectivity index (χ2v) is 19.7. The molecule has 8 heterocycles. The maximum Gasteiger partial charge on any atom is 0.293 e. The standard InChI is InChI=1S/C50H60N12O6/c1-8-42(64)55-37-21-33(9-10-39(37)59-16-15-58(24-30(59)3)34-12-14-60(29(2)19-34)46-43-47(53-28-52-46)68-31(4)27-67-43)54-44-49(66)57(7)25-38(56-44)35-11-13-51-45(36(35)26-63)62-18-17-61-40(48(62)65)20-32-22-50(5,6)23-41(32)61/h8-11,13,20-21,25,28-31,34,63H,1,12,14-19,22-24,26-27H2,2-7H3,(H,54,56)(H,55,64)/t29-,30-,31+,34?/m0/s1. The number of aliphatic hydroxyl groups excluding tert-OH is 1. The van der Waals surface area contributed by atoms with Gasteiger partial charge in [-0.05, 0) is 93.8 Å². The van der Waals surface area contributed by atoms with Crippen LogP contribution in [0.25, 0.3) is 11.3 Å². The number of aryl methyl sites for hydroxylation is 1. The number of anilines is 6. The van der Waals surface area contributed by atoms with E-state index in [0.29, 0.717) is 77.1 Å². The molecule has 5 aromatic rings. The molecule has 0 spiro atoms. The lowest BCUT2D eigenvalue weighted by atomic mass is 9.90. The molecule has 356 valence electrons. The van der Waals surface area contributed by atoms with Crippen molar-refractivity contribution < 1.29 is 24.2 Å². The lowest BCUT2D eigenvalue weighted by molar-refractivity contribution is -0.111. The molecule has 1 aromatic carbocycles. The monoisotopic (exact) mass is 924 g/mol. The number of benzene rings is 1. The largest absolute Gasteiger partial charge is 0.481 e. The lowest BCUT2D eigenvalue weighted by Crippen LogP contribution is -2.58. The van der Waals surface area contributed by atoms with E-state index >= 15 is 0 Å². The van der Waals surface area contributed by atoms with Crippen molar-refractivity contribution in [2.24, 2.45) is 12.5 Å². The van der Waals surface area contributed by atoms with Crippen molar-refractivity contribution in [3.63, 3.8) is 0 Å². The zero-order valence-electron chi connectivity index (χ0n) is 39.7. The molecular weight excluding hydrogens is 865 g/mol. The molecule has 1 aliphatic carbocycles. The van der Waals surface area contributed by atoms with Crippen molar-refractivity contribution in [3.05, 3.63) is 94.6 Å². The number of nitrogens with zero attached hydrogens (tertiary/aromatic N) is 10. The Kier molecular flexibility index (Phi) is 11.7. The van der Waals surface area contributed by atoms with Gasteiger partial charge in [-0.3, -0.25) is 24.2 Å². The van der Waals surface area contributed by atoms with Gasteiger partial charge in [0.15, 0.2) is 11.6 Å². The number of amides is 2. The van der Waals surface area contributed by atoms with Crippen molar-refractivity contribution in [2.45, 2.75) is 97.7 Å². The van der Waals surface area contributed by atoms with Crippen molar-refractivity contribution >= 4 is 46.3 Å². The number of carbonyl (C=O) groups is 2. The number of ether oxygens (including phenoxy) is 2. The zero-order chi connectivity index (χ0) is 47.6. The number of piperazine rings is 1. The van der Waals surface area contributed by atoms with E-state index in [1.54, 1.807) is 42.8 Å². The van der Waals surface area contributed by atoms with Gasteiger partial charge in [0, 0.05) is 99.3 Å². The summed E-state index contributed by atoms with van der Waals surface area (Å²) in [5.74, 6) is 1.79. The number of carbonyl (C=O) groups excluding carboxylic acids is 2. The second kappa shape index (κ2) is 17.7. The van der Waals surface area contributed by atoms with Crippen LogP contribution in [0.5, 0.6) is 11.6 Å². The summed E-state index contributed by atoms with van der Waals surface area (Å²) >= 11 is 0. The van der Waals surface area contributed by atoms with Gasteiger partial charge in [-0.25, -0.2) is 15.0 Å². The van der Waals surface area contributed by atoms with E-state index in [1.807, 2.05) is 25.1 Å². The van der Waals surface area contributed by atoms with Crippen molar-refractivity contribution in [3.8, 4) is 22.9 Å². The molecule has 2 saturated heterocycles. The van der Waals surface area contributed by atoms with Gasteiger partial charge in [0.2, 0.25) is 11.7 Å². The fraction of sp³-hybridized carbons (Fsp3) is 0.460. The molecule has 4 aliphatic heterocycles. The topological polar surface area (TPSA) is 188 Å². The zero-order valence-corrected chi connectivity index (χ0v) is 39.7. The Labute approximate surface area is 395 Å². The van der Waals surface area contributed by atoms with Crippen LogP contribution in [0.4, 0.5) is 34.5 Å². The maximum atomic E-state index is 14.1. The molecule has 0 bridgehead atoms. The highest BCUT2D eigenvalue weighted by Crippen LogP contribution is 2.42. The van der Waals surface area contributed by atoms with Crippen molar-refractivity contribution in [1.82, 2.24) is 34.0 Å². The van der Waals surface area contributed by atoms with Gasteiger partial charge in [0.05, 0.1) is 23.7 Å². The third-order valence-corrected chi connectivity index (χ3v) is 14.3. The van der Waals surface area contributed by atoms with E-state index in [2.05, 4.69) is 79.1 Å². The molecule has 2 fully saturated rings. The van der Waals surface area contributed by atoms with Crippen LogP contribution in [-0.2, 0) is 37.8 Å². The van der Waals surface area contributed by atoms with Crippen LogP contribution in [0.2, 0.25) is 0 Å². The Morgan fingerprint density at radius 2 is 1.82 bits per heavy atom. The predicted molar refractivity (Wildman–Crippen MR) is 260 cm³/mol. The molecule has 4 aromatic heterocycles. The van der Waals surface area contributed by atoms with E-state index in [1.165, 1.54) is 21.9 Å². The molecule has 4 atom stereocenters. The van der Waals surface area contributed by atoms with Gasteiger partial charge in [0.1, 0.15) is 30.5 Å². The fourth-order valence-electron chi connectivity index (χ4n) is 11.0. The number of fused-ring (bicyclic) bond motifs is 4. The highest BCUT2D eigenvalue weighted by molar-refractivity contribution is 6.06. The van der Waals surface area contributed by atoms with E-state index in [4.69, 9.17) is 14.5 Å². The number of pyridine rings is 1. The Hall–Kier alpha value is -6.79. The van der Waals surface area contributed by atoms with Gasteiger partial charge in [0.25, 0.3) is 17.3 Å². The number of aliphatic hydroxyl groups is 1. The molecule has 3 N–H and O–H groups in total. The number of hydrogen-bond acceptors (Lipinski definition) is 14. The number of piperidine rings is 1. The van der Waals surface area contributed by atoms with Crippen molar-refractivity contribution in [1.29, 1.82) is 0 Å². The van der Waals surface area contributed by atoms with Gasteiger partial charge in [-0.1, -0.05) is 20.4 Å². The number of rotatable bonds is 10. The minimum absolute atomic E-state index is 0.0441. The molecule has 18 heteroatoms. The number of aromatic nitrogens is 6. The normalized spacial score (nSPS) is 22.2. The molecule has 0 radical (unpaired) electrons. The summed E-state index contributed by atoms with van der Waals surface area (Å²) in [6, 6.07) is 10.1. The Balaban J connectivity index is 0.858. The first-order valence-electron chi connectivity index (χ1n) is 23.7. The first kappa shape index (κ1) is 45.0. The first-order chi connectivity index (χ1) is 32.7. The maximum absolute atomic E-state index is 14.1. The molecule has 10 rings (SSSR count). The summed E-state index contributed by atoms with van der Waals surface area (Å²) in [6.45, 7) is 18.9. The molecule has 0 saturated carbocycles. The fourth-order valence-corrected chi connectivity index (χ4v) is 11.0. The second-order valence-electron chi connectivity index (χ2n) is 19.7. The average molecular weight is 925 g/mol. The van der Waals surface area contributed by atoms with Gasteiger partial charge in [-0.2, -0.15) is 4.98 Å². The van der Waals surface area contributed by atoms with Crippen LogP contribution in [0, 0.1) is 5.41 Å². The van der Waals surface area contributed by atoms with E-state index in [9.17, 15) is 19.5 Å². The SMILES string of the molecule is C=CC(=O)Nc1cc(Nc2nc(-c3ccnc(N4CCn5c(cc6c5CC(C)(C)C6)C4=O)c3CO)cn(C)c2=O)ccc1N1CCN(C2CCN(c3ncnc4c3OC[C@@H](C)O4)[C@@H](C)C2)C[C@@H]1C. The smallest absolute Gasteiger partial charge is 0.293 e. The molecular formula is C50H60N12O6. The summed E-state index contributed by atoms with van der Waals surface area (Å²) in [5, 5.41) is 17.1. The van der Waals surface area contributed by atoms with Crippen LogP contribution in [-0.4, -0.2) is 114 Å².